The van der Waals surface area contributed by atoms with Crippen LogP contribution in [0.3, 0.4) is 0 Å². The molecular weight excluding hydrogens is 354 g/mol. The van der Waals surface area contributed by atoms with E-state index in [4.69, 9.17) is 9.73 Å². The minimum Gasteiger partial charge on any atom is -0.494 e. The molecule has 0 spiro atoms. The molecule has 0 radical (unpaired) electrons. The van der Waals surface area contributed by atoms with Crippen LogP contribution in [0.15, 0.2) is 46.6 Å². The van der Waals surface area contributed by atoms with E-state index in [-0.39, 0.29) is 12.2 Å². The number of ketones is 1. The number of amidine groups is 2. The van der Waals surface area contributed by atoms with Gasteiger partial charge in [-0.3, -0.25) is 9.79 Å². The highest BCUT2D eigenvalue weighted by molar-refractivity contribution is 6.21. The number of carbonyl (C=O) groups is 1. The first-order valence-corrected chi connectivity index (χ1v) is 9.19. The Morgan fingerprint density at radius 3 is 3.04 bits per heavy atom. The molecule has 5 rings (SSSR count). The lowest BCUT2D eigenvalue weighted by Gasteiger charge is -2.28. The van der Waals surface area contributed by atoms with E-state index >= 15 is 0 Å². The zero-order chi connectivity index (χ0) is 19.3. The van der Waals surface area contributed by atoms with Crippen LogP contribution in [0.25, 0.3) is 11.0 Å². The number of imidazole rings is 1. The summed E-state index contributed by atoms with van der Waals surface area (Å²) in [6, 6.07) is 9.55. The second-order valence-corrected chi connectivity index (χ2v) is 6.93. The molecule has 3 heterocycles. The maximum atomic E-state index is 13.0. The van der Waals surface area contributed by atoms with Gasteiger partial charge in [-0.05, 0) is 36.8 Å². The number of aromatic amines is 1. The molecule has 3 aromatic rings. The predicted octanol–water partition coefficient (Wildman–Crippen LogP) is 3.26. The molecule has 0 saturated heterocycles. The van der Waals surface area contributed by atoms with E-state index in [0.717, 1.165) is 46.0 Å². The van der Waals surface area contributed by atoms with Crippen LogP contribution in [0.1, 0.15) is 27.9 Å². The van der Waals surface area contributed by atoms with Gasteiger partial charge in [0.1, 0.15) is 23.1 Å². The van der Waals surface area contributed by atoms with Gasteiger partial charge >= 0.3 is 0 Å². The lowest BCUT2D eigenvalue weighted by molar-refractivity contribution is 0.0998. The second-order valence-electron chi connectivity index (χ2n) is 6.93. The number of nitrogens with zero attached hydrogens (tertiary/aromatic N) is 4. The van der Waals surface area contributed by atoms with E-state index < -0.39 is 0 Å². The Kier molecular flexibility index (Phi) is 3.75. The fourth-order valence-electron chi connectivity index (χ4n) is 3.83. The smallest absolute Gasteiger partial charge is 0.170 e. The fourth-order valence-corrected chi connectivity index (χ4v) is 3.83. The highest BCUT2D eigenvalue weighted by Crippen LogP contribution is 2.39. The van der Waals surface area contributed by atoms with Crippen molar-refractivity contribution in [2.24, 2.45) is 9.98 Å². The van der Waals surface area contributed by atoms with Gasteiger partial charge in [0.2, 0.25) is 0 Å². The molecule has 7 heteroatoms. The SMILES string of the molecule is COc1c(C)ccc2c1N=C(CC(=O)c1ccc3nc[nH]c3c1)N1CCN=C21. The Hall–Kier alpha value is -3.48. The first-order valence-electron chi connectivity index (χ1n) is 9.19. The number of rotatable bonds is 4. The Labute approximate surface area is 161 Å². The minimum atomic E-state index is 0.0107. The van der Waals surface area contributed by atoms with Crippen LogP contribution in [-0.4, -0.2) is 52.5 Å². The number of fused-ring (bicyclic) bond motifs is 4. The summed E-state index contributed by atoms with van der Waals surface area (Å²) >= 11 is 0. The van der Waals surface area contributed by atoms with Crippen molar-refractivity contribution in [1.82, 2.24) is 14.9 Å². The van der Waals surface area contributed by atoms with Crippen LogP contribution in [0.4, 0.5) is 5.69 Å². The third-order valence-corrected chi connectivity index (χ3v) is 5.23. The van der Waals surface area contributed by atoms with Gasteiger partial charge < -0.3 is 14.6 Å². The zero-order valence-corrected chi connectivity index (χ0v) is 15.7. The second kappa shape index (κ2) is 6.30. The van der Waals surface area contributed by atoms with Crippen molar-refractivity contribution in [2.75, 3.05) is 20.2 Å². The number of aromatic nitrogens is 2. The number of ether oxygens (including phenoxy) is 1. The van der Waals surface area contributed by atoms with E-state index in [1.165, 1.54) is 0 Å². The largest absolute Gasteiger partial charge is 0.494 e. The van der Waals surface area contributed by atoms with E-state index in [1.54, 1.807) is 13.4 Å². The van der Waals surface area contributed by atoms with Crippen LogP contribution in [-0.2, 0) is 0 Å². The van der Waals surface area contributed by atoms with Crippen molar-refractivity contribution in [3.05, 3.63) is 53.3 Å². The van der Waals surface area contributed by atoms with Crippen LogP contribution in [0.2, 0.25) is 0 Å². The number of benzene rings is 2. The average molecular weight is 373 g/mol. The van der Waals surface area contributed by atoms with E-state index in [1.807, 2.05) is 42.2 Å². The molecule has 0 unspecified atom stereocenters. The van der Waals surface area contributed by atoms with Gasteiger partial charge in [-0.2, -0.15) is 0 Å². The highest BCUT2D eigenvalue weighted by atomic mass is 16.5. The molecule has 28 heavy (non-hydrogen) atoms. The van der Waals surface area contributed by atoms with Crippen molar-refractivity contribution in [3.8, 4) is 5.75 Å². The predicted molar refractivity (Wildman–Crippen MR) is 108 cm³/mol. The molecule has 140 valence electrons. The summed E-state index contributed by atoms with van der Waals surface area (Å²) in [4.78, 5) is 31.8. The maximum Gasteiger partial charge on any atom is 0.170 e. The van der Waals surface area contributed by atoms with Crippen molar-refractivity contribution >= 4 is 34.2 Å². The van der Waals surface area contributed by atoms with Gasteiger partial charge in [0.25, 0.3) is 0 Å². The molecule has 0 amide bonds. The van der Waals surface area contributed by atoms with Crippen LogP contribution in [0.5, 0.6) is 5.75 Å². The maximum absolute atomic E-state index is 13.0. The van der Waals surface area contributed by atoms with Gasteiger partial charge in [0.05, 0.1) is 37.4 Å². The quantitative estimate of drug-likeness (QED) is 0.712. The van der Waals surface area contributed by atoms with E-state index in [2.05, 4.69) is 15.0 Å². The number of methoxy groups -OCH3 is 1. The fraction of sp³-hybridized carbons (Fsp3) is 0.238. The number of hydrogen-bond donors (Lipinski definition) is 1. The molecule has 2 aromatic carbocycles. The number of Topliss-reactive ketones (excluding diaryl/α,β-unsaturated/α-hetero) is 1. The summed E-state index contributed by atoms with van der Waals surface area (Å²) in [7, 11) is 1.64. The first kappa shape index (κ1) is 16.7. The third kappa shape index (κ3) is 2.51. The Balaban J connectivity index is 1.54. The summed E-state index contributed by atoms with van der Waals surface area (Å²) < 4.78 is 5.59. The summed E-state index contributed by atoms with van der Waals surface area (Å²) in [6.07, 6.45) is 1.83. The van der Waals surface area contributed by atoms with Gasteiger partial charge in [0.15, 0.2) is 5.78 Å². The third-order valence-electron chi connectivity index (χ3n) is 5.23. The Morgan fingerprint density at radius 2 is 2.18 bits per heavy atom. The highest BCUT2D eigenvalue weighted by Gasteiger charge is 2.32. The molecule has 0 atom stereocenters. The normalized spacial score (nSPS) is 15.1. The summed E-state index contributed by atoms with van der Waals surface area (Å²) in [5.41, 5.74) is 5.05. The summed E-state index contributed by atoms with van der Waals surface area (Å²) in [5, 5.41) is 0. The lowest BCUT2D eigenvalue weighted by atomic mass is 10.0. The molecule has 1 N–H and O–H groups in total. The van der Waals surface area contributed by atoms with E-state index in [0.29, 0.717) is 17.9 Å². The van der Waals surface area contributed by atoms with Crippen molar-refractivity contribution in [2.45, 2.75) is 13.3 Å². The number of aryl methyl sites for hydroxylation is 1. The monoisotopic (exact) mass is 373 g/mol. The molecule has 0 saturated carbocycles. The number of H-pyrrole nitrogens is 1. The molecule has 1 aromatic heterocycles. The number of nitrogens with one attached hydrogen (secondary N) is 1. The molecule has 7 nitrogen and oxygen atoms in total. The molecule has 2 aliphatic rings. The summed E-state index contributed by atoms with van der Waals surface area (Å²) in [6.45, 7) is 3.41. The van der Waals surface area contributed by atoms with Crippen LogP contribution >= 0.6 is 0 Å². The number of hydrogen-bond acceptors (Lipinski definition) is 6. The Bertz CT molecular complexity index is 1170. The zero-order valence-electron chi connectivity index (χ0n) is 15.7. The molecule has 0 fully saturated rings. The van der Waals surface area contributed by atoms with Gasteiger partial charge in [-0.1, -0.05) is 6.07 Å². The summed E-state index contributed by atoms with van der Waals surface area (Å²) in [5.74, 6) is 2.32. The first-order chi connectivity index (χ1) is 13.7. The minimum absolute atomic E-state index is 0.0107. The van der Waals surface area contributed by atoms with Crippen molar-refractivity contribution in [1.29, 1.82) is 0 Å². The van der Waals surface area contributed by atoms with Gasteiger partial charge in [-0.25, -0.2) is 9.98 Å². The lowest BCUT2D eigenvalue weighted by Crippen LogP contribution is -2.38. The number of aliphatic imine (C=N–C) groups is 2. The van der Waals surface area contributed by atoms with Crippen LogP contribution in [0, 0.1) is 6.92 Å². The van der Waals surface area contributed by atoms with Crippen molar-refractivity contribution in [3.63, 3.8) is 0 Å². The molecule has 0 aliphatic carbocycles. The van der Waals surface area contributed by atoms with Crippen molar-refractivity contribution < 1.29 is 9.53 Å². The molecule has 0 bridgehead atoms. The van der Waals surface area contributed by atoms with E-state index in [9.17, 15) is 4.79 Å². The topological polar surface area (TPSA) is 82.9 Å². The standard InChI is InChI=1S/C21H19N5O2/c1-12-3-5-14-19(20(12)28-2)25-18(26-8-7-22-21(14)26)10-17(27)13-4-6-15-16(9-13)24-11-23-15/h3-6,9,11H,7-8,10H2,1-2H3,(H,23,24). The molecular formula is C21H19N5O2. The van der Waals surface area contributed by atoms with Gasteiger partial charge in [-0.15, -0.1) is 0 Å². The Morgan fingerprint density at radius 1 is 1.29 bits per heavy atom. The van der Waals surface area contributed by atoms with Crippen LogP contribution < -0.4 is 4.74 Å². The van der Waals surface area contributed by atoms with Gasteiger partial charge in [0, 0.05) is 17.7 Å². The molecule has 2 aliphatic heterocycles. The number of carbonyl (C=O) groups excluding carboxylic acids is 1. The average Bonchev–Trinajstić information content (AvgIpc) is 3.37.